The number of fused-ring (bicyclic) bond motifs is 14. The number of carbonyl (C=O) groups is 6. The molecule has 0 saturated carbocycles. The molecule has 0 aliphatic carbocycles. The standard InChI is InChI=1S/C52H51N13O8S6/c1-24(38(68)18-65-14-4-3-5-15-65)41-52-62-36(23-78-52)50-59-32(19-76-50)43-28(10-11-29(56-43)49-60-33(20-77-49)44(54)70)48-61-35(22-75-48)47(73)58-31(17-39(53)69)51-64-42(25(2)79-51)37(67)12-13-40-55-34(21-74-40)46(72)57-30(45(71)63-41)16-26-6-8-27(66)9-7-26/h6-11,19-24,30-31,38,41,66,68H,3-5,12-18H2,1-2H3,(H2,53,69)(H2,54,70)(H,57,72)(H,58,73)(H,63,71)/t24-,30-,31-,38-,41-/m0/s1. The van der Waals surface area contributed by atoms with Crippen LogP contribution in [-0.2, 0) is 22.4 Å². The highest BCUT2D eigenvalue weighted by Gasteiger charge is 2.35. The Labute approximate surface area is 475 Å². The minimum Gasteiger partial charge on any atom is -0.508 e. The van der Waals surface area contributed by atoms with E-state index in [1.807, 2.05) is 12.3 Å². The Morgan fingerprint density at radius 2 is 1.35 bits per heavy atom. The van der Waals surface area contributed by atoms with Crippen molar-refractivity contribution in [3.63, 3.8) is 0 Å². The lowest BCUT2D eigenvalue weighted by atomic mass is 9.94. The highest BCUT2D eigenvalue weighted by Crippen LogP contribution is 2.39. The number of aromatic nitrogens is 7. The molecule has 7 aromatic heterocycles. The van der Waals surface area contributed by atoms with Crippen LogP contribution < -0.4 is 27.4 Å². The highest BCUT2D eigenvalue weighted by molar-refractivity contribution is 7.15. The van der Waals surface area contributed by atoms with Crippen molar-refractivity contribution >= 4 is 103 Å². The molecule has 8 aromatic rings. The van der Waals surface area contributed by atoms with E-state index in [9.17, 15) is 39.0 Å². The van der Waals surface area contributed by atoms with Gasteiger partial charge in [0.15, 0.2) is 5.78 Å². The number of phenolic OH excluding ortho intramolecular Hbond substituents is 1. The maximum Gasteiger partial charge on any atom is 0.271 e. The second-order valence-corrected chi connectivity index (χ2v) is 24.7. The number of nitrogens with zero attached hydrogens (tertiary/aromatic N) is 8. The number of β-amino-alcohol motifs (C(OH)–C–C–N with tert-alkyl or cyclic N) is 1. The molecule has 2 aliphatic rings. The van der Waals surface area contributed by atoms with Crippen LogP contribution in [-0.4, -0.2) is 117 Å². The average molecular weight is 1180 g/mol. The number of benzene rings is 1. The van der Waals surface area contributed by atoms with E-state index < -0.39 is 59.7 Å². The number of thiazole rings is 6. The SMILES string of the molecule is Cc1sc2nc1C(=O)CCc1nc(cs1)C(=O)N[C@@H](Cc1ccc(O)cc1)C(=O)N[C@@H]([C@@H](C)[C@@H](O)CN1CCCCC1)c1nc(cs1)-c1nc(cs1)-c1nc(-c3nc(C(N)=O)cs3)ccc1-c1nc(cs1)C(=O)N[C@H]2CC(N)=O. The number of nitrogens with two attached hydrogens (primary N) is 2. The number of likely N-dealkylation sites (tertiary alicyclic amines) is 1. The summed E-state index contributed by atoms with van der Waals surface area (Å²) in [6.07, 6.45) is 2.09. The number of nitrogens with one attached hydrogen (secondary N) is 3. The third kappa shape index (κ3) is 12.8. The molecule has 0 unspecified atom stereocenters. The molecule has 5 atom stereocenters. The summed E-state index contributed by atoms with van der Waals surface area (Å²) in [5.41, 5.74) is 14.4. The van der Waals surface area contributed by atoms with Gasteiger partial charge in [0.1, 0.15) is 76.7 Å². The monoisotopic (exact) mass is 1180 g/mol. The van der Waals surface area contributed by atoms with Crippen LogP contribution in [0.1, 0.15) is 119 Å². The average Bonchev–Trinajstić information content (AvgIpc) is 4.43. The Hall–Kier alpha value is -7.11. The Kier molecular flexibility index (Phi) is 16.8. The molecule has 21 nitrogen and oxygen atoms in total. The molecule has 1 fully saturated rings. The predicted octanol–water partition coefficient (Wildman–Crippen LogP) is 6.76. The van der Waals surface area contributed by atoms with Crippen molar-refractivity contribution in [1.29, 1.82) is 0 Å². The van der Waals surface area contributed by atoms with Crippen LogP contribution in [0, 0.1) is 12.8 Å². The molecule has 10 rings (SSSR count). The van der Waals surface area contributed by atoms with Gasteiger partial charge in [-0.15, -0.1) is 68.0 Å². The predicted molar refractivity (Wildman–Crippen MR) is 302 cm³/mol. The van der Waals surface area contributed by atoms with E-state index in [0.29, 0.717) is 70.4 Å². The van der Waals surface area contributed by atoms with E-state index in [-0.39, 0.29) is 65.0 Å². The van der Waals surface area contributed by atoms with Crippen LogP contribution in [0.3, 0.4) is 0 Å². The first-order valence-electron chi connectivity index (χ1n) is 25.0. The number of primary amides is 2. The van der Waals surface area contributed by atoms with Gasteiger partial charge in [0, 0.05) is 69.1 Å². The topological polar surface area (TPSA) is 324 Å². The molecule has 0 spiro atoms. The van der Waals surface area contributed by atoms with Crippen LogP contribution in [0.2, 0.25) is 0 Å². The first-order valence-corrected chi connectivity index (χ1v) is 30.2. The first-order chi connectivity index (χ1) is 38.0. The van der Waals surface area contributed by atoms with Gasteiger partial charge in [0.2, 0.25) is 11.8 Å². The number of aromatic hydroxyl groups is 1. The van der Waals surface area contributed by atoms with Gasteiger partial charge in [-0.05, 0) is 62.7 Å². The zero-order chi connectivity index (χ0) is 55.5. The van der Waals surface area contributed by atoms with Crippen molar-refractivity contribution < 1.29 is 39.0 Å². The van der Waals surface area contributed by atoms with Gasteiger partial charge in [-0.1, -0.05) is 25.5 Å². The number of hydrogen-bond acceptors (Lipinski definition) is 22. The molecule has 2 aliphatic heterocycles. The molecule has 9 heterocycles. The lowest BCUT2D eigenvalue weighted by molar-refractivity contribution is -0.124. The second-order valence-electron chi connectivity index (χ2n) is 19.0. The van der Waals surface area contributed by atoms with Gasteiger partial charge in [-0.2, -0.15) is 0 Å². The molecule has 1 saturated heterocycles. The second kappa shape index (κ2) is 24.1. The molecule has 1 aromatic carbocycles. The van der Waals surface area contributed by atoms with E-state index in [4.69, 9.17) is 31.4 Å². The van der Waals surface area contributed by atoms with Crippen molar-refractivity contribution in [2.45, 2.75) is 83.0 Å². The number of aliphatic hydroxyl groups is 1. The number of hydrogen-bond donors (Lipinski definition) is 7. The lowest BCUT2D eigenvalue weighted by Gasteiger charge is -2.34. The molecule has 408 valence electrons. The highest BCUT2D eigenvalue weighted by atomic mass is 32.1. The van der Waals surface area contributed by atoms with Crippen molar-refractivity contribution in [2.75, 3.05) is 19.6 Å². The van der Waals surface area contributed by atoms with Crippen LogP contribution in [0.4, 0.5) is 0 Å². The van der Waals surface area contributed by atoms with Gasteiger partial charge in [-0.3, -0.25) is 28.8 Å². The van der Waals surface area contributed by atoms with E-state index in [0.717, 1.165) is 43.7 Å². The summed E-state index contributed by atoms with van der Waals surface area (Å²) >= 11 is 7.25. The van der Waals surface area contributed by atoms with E-state index in [1.54, 1.807) is 52.7 Å². The maximum absolute atomic E-state index is 14.9. The van der Waals surface area contributed by atoms with E-state index in [2.05, 4.69) is 35.8 Å². The number of pyridine rings is 1. The molecule has 0 radical (unpaired) electrons. The summed E-state index contributed by atoms with van der Waals surface area (Å²) in [4.78, 5) is 117. The number of aliphatic hydroxyl groups excluding tert-OH is 1. The summed E-state index contributed by atoms with van der Waals surface area (Å²) < 4.78 is 0. The van der Waals surface area contributed by atoms with Crippen molar-refractivity contribution in [2.24, 2.45) is 17.4 Å². The molecular weight excluding hydrogens is 1130 g/mol. The van der Waals surface area contributed by atoms with Crippen molar-refractivity contribution in [3.8, 4) is 49.1 Å². The fourth-order valence-electron chi connectivity index (χ4n) is 9.08. The lowest BCUT2D eigenvalue weighted by Crippen LogP contribution is -2.51. The Balaban J connectivity index is 1.05. The van der Waals surface area contributed by atoms with Gasteiger partial charge < -0.3 is 42.5 Å². The number of ketones is 1. The smallest absolute Gasteiger partial charge is 0.271 e. The van der Waals surface area contributed by atoms with Crippen molar-refractivity contribution in [3.05, 3.63) is 112 Å². The number of Topliss-reactive ketones (excluding diaryl/α,β-unsaturated/α-hetero) is 1. The van der Waals surface area contributed by atoms with Crippen LogP contribution >= 0.6 is 68.0 Å². The summed E-state index contributed by atoms with van der Waals surface area (Å²) in [5, 5.41) is 41.8. The summed E-state index contributed by atoms with van der Waals surface area (Å²) in [6.45, 7) is 5.62. The van der Waals surface area contributed by atoms with Crippen LogP contribution in [0.15, 0.2) is 63.3 Å². The Morgan fingerprint density at radius 1 is 0.684 bits per heavy atom. The quantitative estimate of drug-likeness (QED) is 0.0744. The van der Waals surface area contributed by atoms with Crippen molar-refractivity contribution in [1.82, 2.24) is 55.7 Å². The molecule has 9 N–H and O–H groups in total. The molecular formula is C52H51N13O8S6. The minimum absolute atomic E-state index is 0.0260. The minimum atomic E-state index is -1.17. The summed E-state index contributed by atoms with van der Waals surface area (Å²) in [6, 6.07) is 6.78. The molecule has 79 heavy (non-hydrogen) atoms. The zero-order valence-electron chi connectivity index (χ0n) is 42.3. The molecule has 10 bridgehead atoms. The third-order valence-corrected chi connectivity index (χ3v) is 18.9. The molecule has 5 amide bonds. The fourth-order valence-corrected chi connectivity index (χ4v) is 14.3. The van der Waals surface area contributed by atoms with Crippen LogP contribution in [0.5, 0.6) is 5.75 Å². The number of carbonyl (C=O) groups excluding carboxylic acids is 6. The third-order valence-electron chi connectivity index (χ3n) is 13.4. The Morgan fingerprint density at radius 3 is 2.10 bits per heavy atom. The summed E-state index contributed by atoms with van der Waals surface area (Å²) in [5.74, 6) is -4.10. The maximum atomic E-state index is 14.9. The number of rotatable bonds is 10. The van der Waals surface area contributed by atoms with E-state index >= 15 is 0 Å². The van der Waals surface area contributed by atoms with Gasteiger partial charge >= 0.3 is 0 Å². The van der Waals surface area contributed by atoms with E-state index in [1.165, 1.54) is 68.8 Å². The largest absolute Gasteiger partial charge is 0.508 e. The van der Waals surface area contributed by atoms with Gasteiger partial charge in [0.25, 0.3) is 17.7 Å². The zero-order valence-corrected chi connectivity index (χ0v) is 47.2. The number of aryl methyl sites for hydroxylation is 2. The number of piperidine rings is 1. The first kappa shape index (κ1) is 55.2. The summed E-state index contributed by atoms with van der Waals surface area (Å²) in [7, 11) is 0. The normalized spacial score (nSPS) is 18.5. The Bertz CT molecular complexity index is 3580. The van der Waals surface area contributed by atoms with Crippen LogP contribution in [0.25, 0.3) is 43.4 Å². The number of amides is 5. The van der Waals surface area contributed by atoms with Gasteiger partial charge in [-0.25, -0.2) is 34.9 Å². The number of phenols is 1. The molecule has 27 heteroatoms. The van der Waals surface area contributed by atoms with Gasteiger partial charge in [0.05, 0.1) is 35.3 Å². The fraction of sp³-hybridized carbons (Fsp3) is 0.327.